The number of nitrogens with one attached hydrogen (secondary N) is 1. The van der Waals surface area contributed by atoms with Crippen molar-refractivity contribution in [2.75, 3.05) is 6.54 Å². The van der Waals surface area contributed by atoms with E-state index in [1.54, 1.807) is 6.07 Å². The Kier molecular flexibility index (Phi) is 4.84. The van der Waals surface area contributed by atoms with E-state index in [2.05, 4.69) is 11.9 Å². The Bertz CT molecular complexity index is 938. The normalized spacial score (nSPS) is 19.6. The number of amides is 1. The van der Waals surface area contributed by atoms with Crippen molar-refractivity contribution in [1.82, 2.24) is 9.88 Å². The van der Waals surface area contributed by atoms with Crippen molar-refractivity contribution in [2.45, 2.75) is 32.4 Å². The van der Waals surface area contributed by atoms with Crippen LogP contribution in [0.25, 0.3) is 10.9 Å². The van der Waals surface area contributed by atoms with E-state index in [1.165, 1.54) is 12.1 Å². The number of halogens is 1. The number of carbonyl (C=O) groups excluding carboxylic acids is 1. The van der Waals surface area contributed by atoms with E-state index in [4.69, 9.17) is 4.74 Å². The van der Waals surface area contributed by atoms with E-state index in [0.29, 0.717) is 12.5 Å². The predicted molar refractivity (Wildman–Crippen MR) is 103 cm³/mol. The summed E-state index contributed by atoms with van der Waals surface area (Å²) < 4.78 is 18.9. The molecule has 4 rings (SSSR count). The minimum atomic E-state index is -0.265. The highest BCUT2D eigenvalue weighted by Gasteiger charge is 2.34. The maximum absolute atomic E-state index is 13.4. The molecule has 3 aromatic rings. The number of benzene rings is 2. The third-order valence-corrected chi connectivity index (χ3v) is 5.25. The molecule has 140 valence electrons. The summed E-state index contributed by atoms with van der Waals surface area (Å²) in [6, 6.07) is 14.6. The second-order valence-corrected chi connectivity index (χ2v) is 7.40. The third kappa shape index (κ3) is 3.82. The van der Waals surface area contributed by atoms with Crippen molar-refractivity contribution >= 4 is 17.0 Å². The van der Waals surface area contributed by atoms with Crippen LogP contribution >= 0.6 is 0 Å². The molecule has 2 heterocycles. The fourth-order valence-corrected chi connectivity index (χ4v) is 3.95. The van der Waals surface area contributed by atoms with Crippen molar-refractivity contribution in [3.05, 3.63) is 71.7 Å². The number of rotatable bonds is 4. The molecule has 0 bridgehead atoms. The van der Waals surface area contributed by atoms with Crippen molar-refractivity contribution in [2.24, 2.45) is 5.92 Å². The molecule has 1 fully saturated rings. The van der Waals surface area contributed by atoms with Gasteiger partial charge in [-0.25, -0.2) is 9.18 Å². The minimum Gasteiger partial charge on any atom is -0.445 e. The summed E-state index contributed by atoms with van der Waals surface area (Å²) in [5.41, 5.74) is 2.87. The number of aromatic nitrogens is 1. The number of aromatic amines is 1. The van der Waals surface area contributed by atoms with Crippen LogP contribution in [0.5, 0.6) is 0 Å². The monoisotopic (exact) mass is 366 g/mol. The lowest BCUT2D eigenvalue weighted by Crippen LogP contribution is -2.37. The zero-order chi connectivity index (χ0) is 18.8. The average Bonchev–Trinajstić information content (AvgIpc) is 3.24. The van der Waals surface area contributed by atoms with Gasteiger partial charge < -0.3 is 14.6 Å². The lowest BCUT2D eigenvalue weighted by molar-refractivity contribution is 0.0915. The minimum absolute atomic E-state index is 0.0901. The van der Waals surface area contributed by atoms with Gasteiger partial charge in [0.15, 0.2) is 0 Å². The summed E-state index contributed by atoms with van der Waals surface area (Å²) in [7, 11) is 0. The Morgan fingerprint density at radius 2 is 2.07 bits per heavy atom. The molecule has 4 nitrogen and oxygen atoms in total. The molecule has 1 amide bonds. The highest BCUT2D eigenvalue weighted by Crippen LogP contribution is 2.29. The number of likely N-dealkylation sites (tertiary alicyclic amines) is 1. The SMILES string of the molecule is C[C@H]1C[C@@H](Cc2c[nH]c3cc(F)ccc23)N(C(=O)OCc2ccccc2)C1. The summed E-state index contributed by atoms with van der Waals surface area (Å²) >= 11 is 0. The van der Waals surface area contributed by atoms with Gasteiger partial charge in [-0.1, -0.05) is 37.3 Å². The first-order chi connectivity index (χ1) is 13.1. The fourth-order valence-electron chi connectivity index (χ4n) is 3.95. The van der Waals surface area contributed by atoms with Gasteiger partial charge in [-0.3, -0.25) is 0 Å². The van der Waals surface area contributed by atoms with E-state index in [9.17, 15) is 9.18 Å². The lowest BCUT2D eigenvalue weighted by atomic mass is 10.0. The van der Waals surface area contributed by atoms with Crippen LogP contribution in [0.1, 0.15) is 24.5 Å². The van der Waals surface area contributed by atoms with Crippen molar-refractivity contribution < 1.29 is 13.9 Å². The van der Waals surface area contributed by atoms with Gasteiger partial charge in [-0.05, 0) is 48.1 Å². The largest absolute Gasteiger partial charge is 0.445 e. The van der Waals surface area contributed by atoms with Crippen LogP contribution in [-0.2, 0) is 17.8 Å². The van der Waals surface area contributed by atoms with Crippen LogP contribution in [0.15, 0.2) is 54.7 Å². The van der Waals surface area contributed by atoms with Crippen LogP contribution in [0.3, 0.4) is 0 Å². The molecule has 0 spiro atoms. The summed E-state index contributed by atoms with van der Waals surface area (Å²) in [6.45, 7) is 3.14. The number of H-pyrrole nitrogens is 1. The second kappa shape index (κ2) is 7.43. The highest BCUT2D eigenvalue weighted by molar-refractivity contribution is 5.83. The van der Waals surface area contributed by atoms with Crippen LogP contribution in [-0.4, -0.2) is 28.6 Å². The first-order valence-corrected chi connectivity index (χ1v) is 9.33. The smallest absolute Gasteiger partial charge is 0.410 e. The van der Waals surface area contributed by atoms with Crippen LogP contribution in [0.2, 0.25) is 0 Å². The molecule has 0 radical (unpaired) electrons. The van der Waals surface area contributed by atoms with Gasteiger partial charge in [0.2, 0.25) is 0 Å². The summed E-state index contributed by atoms with van der Waals surface area (Å²) in [6.07, 6.45) is 3.32. The van der Waals surface area contributed by atoms with Gasteiger partial charge in [-0.15, -0.1) is 0 Å². The molecular formula is C22H23FN2O2. The van der Waals surface area contributed by atoms with E-state index in [0.717, 1.165) is 34.9 Å². The molecule has 2 aromatic carbocycles. The Balaban J connectivity index is 1.46. The number of nitrogens with zero attached hydrogens (tertiary/aromatic N) is 1. The van der Waals surface area contributed by atoms with E-state index >= 15 is 0 Å². The zero-order valence-electron chi connectivity index (χ0n) is 15.3. The third-order valence-electron chi connectivity index (χ3n) is 5.25. The highest BCUT2D eigenvalue weighted by atomic mass is 19.1. The Hall–Kier alpha value is -2.82. The number of fused-ring (bicyclic) bond motifs is 1. The molecule has 27 heavy (non-hydrogen) atoms. The Morgan fingerprint density at radius 1 is 1.26 bits per heavy atom. The standard InChI is InChI=1S/C22H23FN2O2/c1-15-9-19(10-17-12-24-21-11-18(23)7-8-20(17)21)25(13-15)22(26)27-14-16-5-3-2-4-6-16/h2-8,11-12,15,19,24H,9-10,13-14H2,1H3/t15-,19-/m0/s1. The molecule has 2 atom stereocenters. The average molecular weight is 366 g/mol. The van der Waals surface area contributed by atoms with Crippen molar-refractivity contribution in [1.29, 1.82) is 0 Å². The number of hydrogen-bond acceptors (Lipinski definition) is 2. The van der Waals surface area contributed by atoms with E-state index in [1.807, 2.05) is 41.4 Å². The summed E-state index contributed by atoms with van der Waals surface area (Å²) in [5, 5.41) is 1.01. The topological polar surface area (TPSA) is 45.3 Å². The lowest BCUT2D eigenvalue weighted by Gasteiger charge is -2.24. The molecule has 5 heteroatoms. The number of hydrogen-bond donors (Lipinski definition) is 1. The maximum Gasteiger partial charge on any atom is 0.410 e. The molecular weight excluding hydrogens is 343 g/mol. The first-order valence-electron chi connectivity index (χ1n) is 9.33. The van der Waals surface area contributed by atoms with Crippen molar-refractivity contribution in [3.8, 4) is 0 Å². The summed E-state index contributed by atoms with van der Waals surface area (Å²) in [5.74, 6) is 0.179. The van der Waals surface area contributed by atoms with Gasteiger partial charge in [0.1, 0.15) is 12.4 Å². The van der Waals surface area contributed by atoms with Gasteiger partial charge in [0, 0.05) is 29.7 Å². The van der Waals surface area contributed by atoms with Gasteiger partial charge in [-0.2, -0.15) is 0 Å². The number of ether oxygens (including phenoxy) is 1. The zero-order valence-corrected chi connectivity index (χ0v) is 15.3. The molecule has 0 aliphatic carbocycles. The second-order valence-electron chi connectivity index (χ2n) is 7.40. The van der Waals surface area contributed by atoms with Crippen LogP contribution in [0, 0.1) is 11.7 Å². The quantitative estimate of drug-likeness (QED) is 0.714. The fraction of sp³-hybridized carbons (Fsp3) is 0.318. The van der Waals surface area contributed by atoms with Gasteiger partial charge in [0.25, 0.3) is 0 Å². The van der Waals surface area contributed by atoms with Crippen LogP contribution in [0.4, 0.5) is 9.18 Å². The molecule has 1 saturated heterocycles. The first kappa shape index (κ1) is 17.6. The maximum atomic E-state index is 13.4. The van der Waals surface area contributed by atoms with Crippen LogP contribution < -0.4 is 0 Å². The van der Waals surface area contributed by atoms with Gasteiger partial charge >= 0.3 is 6.09 Å². The van der Waals surface area contributed by atoms with Crippen molar-refractivity contribution in [3.63, 3.8) is 0 Å². The molecule has 1 aliphatic heterocycles. The molecule has 0 saturated carbocycles. The summed E-state index contributed by atoms with van der Waals surface area (Å²) in [4.78, 5) is 17.6. The molecule has 1 aromatic heterocycles. The van der Waals surface area contributed by atoms with E-state index in [-0.39, 0.29) is 24.6 Å². The number of carbonyl (C=O) groups is 1. The van der Waals surface area contributed by atoms with E-state index < -0.39 is 0 Å². The molecule has 0 unspecified atom stereocenters. The predicted octanol–water partition coefficient (Wildman–Crippen LogP) is 4.90. The Morgan fingerprint density at radius 3 is 2.89 bits per heavy atom. The van der Waals surface area contributed by atoms with Gasteiger partial charge in [0.05, 0.1) is 0 Å². The molecule has 1 aliphatic rings. The molecule has 1 N–H and O–H groups in total. The Labute approximate surface area is 157 Å².